The maximum atomic E-state index is 12.0. The lowest BCUT2D eigenvalue weighted by Gasteiger charge is -2.02. The Labute approximate surface area is 84.3 Å². The maximum absolute atomic E-state index is 12.0. The Kier molecular flexibility index (Phi) is 3.88. The molecule has 1 aromatic rings. The molecule has 0 saturated carbocycles. The molecule has 0 aliphatic rings. The highest BCUT2D eigenvalue weighted by atomic mass is 32.2. The molecule has 1 aromatic carbocycles. The number of halogens is 2. The van der Waals surface area contributed by atoms with E-state index in [9.17, 15) is 13.6 Å². The van der Waals surface area contributed by atoms with E-state index < -0.39 is 11.7 Å². The van der Waals surface area contributed by atoms with Crippen LogP contribution in [-0.2, 0) is 4.74 Å². The van der Waals surface area contributed by atoms with E-state index in [-0.39, 0.29) is 5.56 Å². The lowest BCUT2D eigenvalue weighted by atomic mass is 10.2. The minimum atomic E-state index is -2.48. The quantitative estimate of drug-likeness (QED) is 0.576. The van der Waals surface area contributed by atoms with E-state index in [0.717, 1.165) is 0 Å². The van der Waals surface area contributed by atoms with Gasteiger partial charge in [-0.15, -0.1) is 0 Å². The average Bonchev–Trinajstić information content (AvgIpc) is 2.16. The first-order valence-electron chi connectivity index (χ1n) is 3.76. The Hall–Kier alpha value is -1.10. The number of rotatable bonds is 3. The molecule has 0 aliphatic heterocycles. The van der Waals surface area contributed by atoms with Gasteiger partial charge in [0.1, 0.15) is 0 Å². The van der Waals surface area contributed by atoms with Crippen LogP contribution >= 0.6 is 11.8 Å². The van der Waals surface area contributed by atoms with Crippen molar-refractivity contribution in [3.05, 3.63) is 29.8 Å². The molecule has 0 heterocycles. The molecular weight excluding hydrogens is 210 g/mol. The van der Waals surface area contributed by atoms with Crippen molar-refractivity contribution < 1.29 is 18.3 Å². The molecule has 0 N–H and O–H groups in total. The van der Waals surface area contributed by atoms with Gasteiger partial charge >= 0.3 is 5.97 Å². The standard InChI is InChI=1S/C9H8F2O2S/c1-13-8(12)6-3-2-4-7(5-6)14-9(10)11/h2-5,9H,1H3. The van der Waals surface area contributed by atoms with Crippen LogP contribution in [0.25, 0.3) is 0 Å². The highest BCUT2D eigenvalue weighted by molar-refractivity contribution is 7.99. The third-order valence-electron chi connectivity index (χ3n) is 1.48. The number of ether oxygens (including phenoxy) is 1. The molecule has 0 amide bonds. The summed E-state index contributed by atoms with van der Waals surface area (Å²) in [6.07, 6.45) is 0. The zero-order valence-corrected chi connectivity index (χ0v) is 8.18. The topological polar surface area (TPSA) is 26.3 Å². The molecule has 2 nitrogen and oxygen atoms in total. The van der Waals surface area contributed by atoms with E-state index in [4.69, 9.17) is 0 Å². The van der Waals surface area contributed by atoms with Crippen molar-refractivity contribution in [3.63, 3.8) is 0 Å². The van der Waals surface area contributed by atoms with Crippen LogP contribution in [0.3, 0.4) is 0 Å². The summed E-state index contributed by atoms with van der Waals surface area (Å²) in [5, 5.41) is 0. The molecule has 0 saturated heterocycles. The number of methoxy groups -OCH3 is 1. The number of hydrogen-bond acceptors (Lipinski definition) is 3. The van der Waals surface area contributed by atoms with Gasteiger partial charge in [-0.1, -0.05) is 17.8 Å². The second-order valence-corrected chi connectivity index (χ2v) is 3.46. The van der Waals surface area contributed by atoms with Gasteiger partial charge in [0.05, 0.1) is 12.7 Å². The molecule has 0 aliphatic carbocycles. The van der Waals surface area contributed by atoms with Gasteiger partial charge in [0, 0.05) is 4.90 Å². The van der Waals surface area contributed by atoms with E-state index in [1.165, 1.54) is 31.4 Å². The van der Waals surface area contributed by atoms with Crippen molar-refractivity contribution in [1.29, 1.82) is 0 Å². The molecule has 0 fully saturated rings. The Morgan fingerprint density at radius 2 is 2.21 bits per heavy atom. The van der Waals surface area contributed by atoms with Crippen LogP contribution in [0.1, 0.15) is 10.4 Å². The van der Waals surface area contributed by atoms with Crippen molar-refractivity contribution in [1.82, 2.24) is 0 Å². The summed E-state index contributed by atoms with van der Waals surface area (Å²) in [6, 6.07) is 5.95. The highest BCUT2D eigenvalue weighted by Gasteiger charge is 2.09. The highest BCUT2D eigenvalue weighted by Crippen LogP contribution is 2.25. The molecule has 0 aromatic heterocycles. The first kappa shape index (κ1) is 11.0. The fraction of sp³-hybridized carbons (Fsp3) is 0.222. The van der Waals surface area contributed by atoms with Crippen molar-refractivity contribution in [2.24, 2.45) is 0 Å². The van der Waals surface area contributed by atoms with Crippen LogP contribution in [0.5, 0.6) is 0 Å². The summed E-state index contributed by atoms with van der Waals surface area (Å²) in [5.74, 6) is -3.01. The van der Waals surface area contributed by atoms with Gasteiger partial charge in [0.25, 0.3) is 5.76 Å². The van der Waals surface area contributed by atoms with Crippen LogP contribution < -0.4 is 0 Å². The van der Waals surface area contributed by atoms with Gasteiger partial charge < -0.3 is 4.74 Å². The van der Waals surface area contributed by atoms with Crippen LogP contribution in [0.2, 0.25) is 0 Å². The van der Waals surface area contributed by atoms with Gasteiger partial charge in [0.15, 0.2) is 0 Å². The summed E-state index contributed by atoms with van der Waals surface area (Å²) in [6.45, 7) is 0. The lowest BCUT2D eigenvalue weighted by Crippen LogP contribution is -2.00. The van der Waals surface area contributed by atoms with E-state index >= 15 is 0 Å². The summed E-state index contributed by atoms with van der Waals surface area (Å²) in [4.78, 5) is 11.4. The van der Waals surface area contributed by atoms with Crippen LogP contribution in [-0.4, -0.2) is 18.8 Å². The summed E-state index contributed by atoms with van der Waals surface area (Å²) >= 11 is 0.399. The maximum Gasteiger partial charge on any atom is 0.337 e. The molecule has 0 atom stereocenters. The fourth-order valence-corrected chi connectivity index (χ4v) is 1.47. The minimum Gasteiger partial charge on any atom is -0.465 e. The first-order chi connectivity index (χ1) is 6.63. The Morgan fingerprint density at radius 1 is 1.50 bits per heavy atom. The molecule has 76 valence electrons. The van der Waals surface area contributed by atoms with Gasteiger partial charge in [-0.3, -0.25) is 0 Å². The van der Waals surface area contributed by atoms with E-state index in [2.05, 4.69) is 4.74 Å². The van der Waals surface area contributed by atoms with Gasteiger partial charge in [-0.2, -0.15) is 8.78 Å². The van der Waals surface area contributed by atoms with E-state index in [0.29, 0.717) is 16.7 Å². The number of alkyl halides is 2. The van der Waals surface area contributed by atoms with Crippen LogP contribution in [0, 0.1) is 0 Å². The third kappa shape index (κ3) is 2.99. The third-order valence-corrected chi connectivity index (χ3v) is 2.18. The van der Waals surface area contributed by atoms with Gasteiger partial charge in [0.2, 0.25) is 0 Å². The van der Waals surface area contributed by atoms with Crippen molar-refractivity contribution in [2.45, 2.75) is 10.7 Å². The summed E-state index contributed by atoms with van der Waals surface area (Å²) in [5.41, 5.74) is 0.276. The zero-order chi connectivity index (χ0) is 10.6. The molecule has 0 unspecified atom stereocenters. The number of esters is 1. The SMILES string of the molecule is COC(=O)c1cccc(SC(F)F)c1. The Balaban J connectivity index is 2.84. The van der Waals surface area contributed by atoms with E-state index in [1.54, 1.807) is 0 Å². The molecule has 0 radical (unpaired) electrons. The van der Waals surface area contributed by atoms with Crippen molar-refractivity contribution in [3.8, 4) is 0 Å². The normalized spacial score (nSPS) is 10.3. The number of hydrogen-bond donors (Lipinski definition) is 0. The largest absolute Gasteiger partial charge is 0.465 e. The number of carbonyl (C=O) groups is 1. The lowest BCUT2D eigenvalue weighted by molar-refractivity contribution is 0.0600. The number of benzene rings is 1. The smallest absolute Gasteiger partial charge is 0.337 e. The minimum absolute atomic E-state index is 0.276. The monoisotopic (exact) mass is 218 g/mol. The molecular formula is C9H8F2O2S. The fourth-order valence-electron chi connectivity index (χ4n) is 0.917. The molecule has 0 bridgehead atoms. The van der Waals surface area contributed by atoms with Gasteiger partial charge in [-0.05, 0) is 18.2 Å². The molecule has 1 rings (SSSR count). The number of thioether (sulfide) groups is 1. The second-order valence-electron chi connectivity index (χ2n) is 2.40. The summed E-state index contributed by atoms with van der Waals surface area (Å²) < 4.78 is 28.4. The summed E-state index contributed by atoms with van der Waals surface area (Å²) in [7, 11) is 1.25. The zero-order valence-electron chi connectivity index (χ0n) is 7.37. The average molecular weight is 218 g/mol. The van der Waals surface area contributed by atoms with Crippen LogP contribution in [0.4, 0.5) is 8.78 Å². The van der Waals surface area contributed by atoms with Crippen molar-refractivity contribution >= 4 is 17.7 Å². The predicted octanol–water partition coefficient (Wildman–Crippen LogP) is 2.79. The van der Waals surface area contributed by atoms with E-state index in [1.807, 2.05) is 0 Å². The predicted molar refractivity (Wildman–Crippen MR) is 49.6 cm³/mol. The molecule has 14 heavy (non-hydrogen) atoms. The number of carbonyl (C=O) groups excluding carboxylic acids is 1. The Morgan fingerprint density at radius 3 is 2.79 bits per heavy atom. The Bertz CT molecular complexity index is 328. The van der Waals surface area contributed by atoms with Crippen LogP contribution in [0.15, 0.2) is 29.2 Å². The van der Waals surface area contributed by atoms with Crippen molar-refractivity contribution in [2.75, 3.05) is 7.11 Å². The first-order valence-corrected chi connectivity index (χ1v) is 4.64. The second kappa shape index (κ2) is 4.95. The molecule has 0 spiro atoms. The van der Waals surface area contributed by atoms with Gasteiger partial charge in [-0.25, -0.2) is 4.79 Å². The molecule has 5 heteroatoms.